The van der Waals surface area contributed by atoms with Crippen LogP contribution in [0.3, 0.4) is 0 Å². The third kappa shape index (κ3) is 3.17. The summed E-state index contributed by atoms with van der Waals surface area (Å²) in [5.41, 5.74) is 0.936. The van der Waals surface area contributed by atoms with Crippen LogP contribution < -0.4 is 4.74 Å². The normalized spacial score (nSPS) is 10.7. The Morgan fingerprint density at radius 1 is 1.22 bits per heavy atom. The first kappa shape index (κ1) is 12.8. The number of halogens is 1. The number of rotatable bonds is 3. The molecule has 4 nitrogen and oxygen atoms in total. The summed E-state index contributed by atoms with van der Waals surface area (Å²) in [6.45, 7) is 5.92. The Morgan fingerprint density at radius 3 is 2.61 bits per heavy atom. The Morgan fingerprint density at radius 2 is 2.00 bits per heavy atom. The fourth-order valence-electron chi connectivity index (χ4n) is 1.36. The lowest BCUT2D eigenvalue weighted by Crippen LogP contribution is -1.99. The molecule has 0 aliphatic rings. The van der Waals surface area contributed by atoms with Crippen LogP contribution in [0.5, 0.6) is 11.6 Å². The summed E-state index contributed by atoms with van der Waals surface area (Å²) in [6.07, 6.45) is 1.65. The number of hydrogen-bond acceptors (Lipinski definition) is 4. The predicted molar refractivity (Wildman–Crippen MR) is 70.2 cm³/mol. The molecule has 2 rings (SSSR count). The molecule has 2 aromatic rings. The van der Waals surface area contributed by atoms with Crippen molar-refractivity contribution >= 4 is 11.6 Å². The monoisotopic (exact) mass is 263 g/mol. The van der Waals surface area contributed by atoms with E-state index in [9.17, 15) is 0 Å². The maximum atomic E-state index is 5.94. The number of nitrogens with zero attached hydrogens (tertiary/aromatic N) is 3. The molecule has 0 bridgehead atoms. The van der Waals surface area contributed by atoms with Gasteiger partial charge in [-0.05, 0) is 19.1 Å². The third-order valence-electron chi connectivity index (χ3n) is 2.31. The summed E-state index contributed by atoms with van der Waals surface area (Å²) in [5, 5.41) is 0.378. The predicted octanol–water partition coefficient (Wildman–Crippen LogP) is 3.75. The number of hydrogen-bond donors (Lipinski definition) is 0. The molecule has 0 saturated heterocycles. The molecule has 5 heteroatoms. The quantitative estimate of drug-likeness (QED) is 0.792. The van der Waals surface area contributed by atoms with Crippen molar-refractivity contribution in [2.24, 2.45) is 0 Å². The number of ether oxygens (including phenoxy) is 1. The Balaban J connectivity index is 2.26. The summed E-state index contributed by atoms with van der Waals surface area (Å²) in [6, 6.07) is 5.31. The van der Waals surface area contributed by atoms with Crippen LogP contribution in [0.2, 0.25) is 5.15 Å². The van der Waals surface area contributed by atoms with Gasteiger partial charge in [-0.25, -0.2) is 4.98 Å². The minimum atomic E-state index is 0.196. The van der Waals surface area contributed by atoms with Gasteiger partial charge in [-0.15, -0.1) is 0 Å². The van der Waals surface area contributed by atoms with Crippen molar-refractivity contribution < 1.29 is 4.74 Å². The lowest BCUT2D eigenvalue weighted by molar-refractivity contribution is 0.454. The van der Waals surface area contributed by atoms with Gasteiger partial charge in [-0.2, -0.15) is 4.98 Å². The molecule has 0 atom stereocenters. The van der Waals surface area contributed by atoms with Crippen LogP contribution in [0.25, 0.3) is 0 Å². The maximum absolute atomic E-state index is 5.94. The molecule has 2 aromatic heterocycles. The average Bonchev–Trinajstić information content (AvgIpc) is 2.31. The van der Waals surface area contributed by atoms with Gasteiger partial charge in [0, 0.05) is 17.7 Å². The number of aromatic nitrogens is 3. The molecule has 0 aliphatic heterocycles. The molecule has 0 unspecified atom stereocenters. The molecule has 2 heterocycles. The Labute approximate surface area is 111 Å². The zero-order chi connectivity index (χ0) is 13.1. The zero-order valence-electron chi connectivity index (χ0n) is 10.5. The Bertz CT molecular complexity index is 540. The van der Waals surface area contributed by atoms with Crippen molar-refractivity contribution in [3.05, 3.63) is 41.1 Å². The second-order valence-corrected chi connectivity index (χ2v) is 4.67. The van der Waals surface area contributed by atoms with E-state index in [2.05, 4.69) is 15.0 Å². The summed E-state index contributed by atoms with van der Waals surface area (Å²) >= 11 is 5.94. The fourth-order valence-corrected chi connectivity index (χ4v) is 1.54. The van der Waals surface area contributed by atoms with Crippen LogP contribution in [0, 0.1) is 6.92 Å². The second kappa shape index (κ2) is 5.31. The molecule has 0 radical (unpaired) electrons. The molecule has 0 N–H and O–H groups in total. The van der Waals surface area contributed by atoms with E-state index in [0.717, 1.165) is 5.69 Å². The van der Waals surface area contributed by atoms with Crippen LogP contribution in [0.15, 0.2) is 24.4 Å². The van der Waals surface area contributed by atoms with Gasteiger partial charge in [-0.3, -0.25) is 4.98 Å². The van der Waals surface area contributed by atoms with E-state index < -0.39 is 0 Å². The van der Waals surface area contributed by atoms with Gasteiger partial charge < -0.3 is 4.74 Å². The molecule has 0 saturated carbocycles. The second-order valence-electron chi connectivity index (χ2n) is 4.28. The highest BCUT2D eigenvalue weighted by Crippen LogP contribution is 2.23. The van der Waals surface area contributed by atoms with Crippen LogP contribution in [-0.2, 0) is 0 Å². The number of pyridine rings is 1. The summed E-state index contributed by atoms with van der Waals surface area (Å²) in [4.78, 5) is 12.6. The molecule has 0 spiro atoms. The van der Waals surface area contributed by atoms with Gasteiger partial charge in [0.2, 0.25) is 5.88 Å². The van der Waals surface area contributed by atoms with Crippen LogP contribution >= 0.6 is 11.6 Å². The minimum Gasteiger partial charge on any atom is -0.437 e. The topological polar surface area (TPSA) is 47.9 Å². The van der Waals surface area contributed by atoms with Gasteiger partial charge >= 0.3 is 0 Å². The van der Waals surface area contributed by atoms with Crippen molar-refractivity contribution in [3.63, 3.8) is 0 Å². The van der Waals surface area contributed by atoms with Crippen molar-refractivity contribution in [2.75, 3.05) is 0 Å². The van der Waals surface area contributed by atoms with Crippen molar-refractivity contribution in [1.82, 2.24) is 15.0 Å². The lowest BCUT2D eigenvalue weighted by Gasteiger charge is -2.08. The number of aryl methyl sites for hydroxylation is 1. The summed E-state index contributed by atoms with van der Waals surface area (Å²) in [5.74, 6) is 1.93. The Hall–Kier alpha value is -1.68. The lowest BCUT2D eigenvalue weighted by atomic mass is 10.2. The maximum Gasteiger partial charge on any atom is 0.224 e. The van der Waals surface area contributed by atoms with Gasteiger partial charge in [-0.1, -0.05) is 25.4 Å². The van der Waals surface area contributed by atoms with E-state index in [-0.39, 0.29) is 5.92 Å². The highest BCUT2D eigenvalue weighted by molar-refractivity contribution is 6.29. The zero-order valence-corrected chi connectivity index (χ0v) is 11.3. The highest BCUT2D eigenvalue weighted by Gasteiger charge is 2.08. The molecule has 18 heavy (non-hydrogen) atoms. The molecular formula is C13H14ClN3O. The van der Waals surface area contributed by atoms with Gasteiger partial charge in [0.05, 0.1) is 6.20 Å². The van der Waals surface area contributed by atoms with E-state index in [1.807, 2.05) is 32.9 Å². The smallest absolute Gasteiger partial charge is 0.224 e. The molecule has 0 fully saturated rings. The van der Waals surface area contributed by atoms with Gasteiger partial charge in [0.25, 0.3) is 0 Å². The SMILES string of the molecule is Cc1ccc(Oc2cc(Cl)nc(C(C)C)n2)cn1. The first-order chi connectivity index (χ1) is 8.54. The van der Waals surface area contributed by atoms with E-state index in [1.165, 1.54) is 0 Å². The van der Waals surface area contributed by atoms with E-state index >= 15 is 0 Å². The van der Waals surface area contributed by atoms with Crippen molar-refractivity contribution in [2.45, 2.75) is 26.7 Å². The molecule has 0 aromatic carbocycles. The summed E-state index contributed by atoms with van der Waals surface area (Å²) < 4.78 is 5.61. The van der Waals surface area contributed by atoms with E-state index in [0.29, 0.717) is 22.6 Å². The highest BCUT2D eigenvalue weighted by atomic mass is 35.5. The molecule has 0 amide bonds. The molecular weight excluding hydrogens is 250 g/mol. The van der Waals surface area contributed by atoms with Crippen LogP contribution in [0.1, 0.15) is 31.3 Å². The van der Waals surface area contributed by atoms with Gasteiger partial charge in [0.15, 0.2) is 0 Å². The van der Waals surface area contributed by atoms with E-state index in [1.54, 1.807) is 12.3 Å². The van der Waals surface area contributed by atoms with E-state index in [4.69, 9.17) is 16.3 Å². The van der Waals surface area contributed by atoms with Crippen LogP contribution in [-0.4, -0.2) is 15.0 Å². The average molecular weight is 264 g/mol. The first-order valence-corrected chi connectivity index (χ1v) is 6.07. The standard InChI is InChI=1S/C13H14ClN3O/c1-8(2)13-16-11(14)6-12(17-13)18-10-5-4-9(3)15-7-10/h4-8H,1-3H3. The Kier molecular flexibility index (Phi) is 3.77. The summed E-state index contributed by atoms with van der Waals surface area (Å²) in [7, 11) is 0. The minimum absolute atomic E-state index is 0.196. The van der Waals surface area contributed by atoms with Crippen molar-refractivity contribution in [1.29, 1.82) is 0 Å². The molecule has 0 aliphatic carbocycles. The van der Waals surface area contributed by atoms with Crippen molar-refractivity contribution in [3.8, 4) is 11.6 Å². The van der Waals surface area contributed by atoms with Crippen LogP contribution in [0.4, 0.5) is 0 Å². The fraction of sp³-hybridized carbons (Fsp3) is 0.308. The molecule has 94 valence electrons. The largest absolute Gasteiger partial charge is 0.437 e. The first-order valence-electron chi connectivity index (χ1n) is 5.69. The third-order valence-corrected chi connectivity index (χ3v) is 2.51. The van der Waals surface area contributed by atoms with Gasteiger partial charge in [0.1, 0.15) is 16.7 Å².